The van der Waals surface area contributed by atoms with E-state index in [1.807, 2.05) is 0 Å². The van der Waals surface area contributed by atoms with Crippen molar-refractivity contribution in [1.82, 2.24) is 4.90 Å². The normalized spacial score (nSPS) is 14.7. The summed E-state index contributed by atoms with van der Waals surface area (Å²) in [6.07, 6.45) is 1.11. The van der Waals surface area contributed by atoms with Crippen molar-refractivity contribution in [3.8, 4) is 0 Å². The lowest BCUT2D eigenvalue weighted by Crippen LogP contribution is -2.35. The van der Waals surface area contributed by atoms with Gasteiger partial charge in [-0.3, -0.25) is 0 Å². The predicted octanol–water partition coefficient (Wildman–Crippen LogP) is 3.33. The Kier molecular flexibility index (Phi) is 6.38. The first-order chi connectivity index (χ1) is 8.97. The van der Waals surface area contributed by atoms with Crippen LogP contribution in [0.25, 0.3) is 0 Å². The average molecular weight is 270 g/mol. The van der Waals surface area contributed by atoms with Gasteiger partial charge >= 0.3 is 0 Å². The van der Waals surface area contributed by atoms with Gasteiger partial charge in [-0.2, -0.15) is 0 Å². The summed E-state index contributed by atoms with van der Waals surface area (Å²) in [7, 11) is 0. The van der Waals surface area contributed by atoms with Gasteiger partial charge in [0.15, 0.2) is 0 Å². The molecule has 0 aliphatic heterocycles. The molecular formula is C15H24F2N2. The van der Waals surface area contributed by atoms with Crippen molar-refractivity contribution in [1.29, 1.82) is 0 Å². The molecule has 0 heterocycles. The van der Waals surface area contributed by atoms with Crippen molar-refractivity contribution in [2.24, 2.45) is 11.7 Å². The minimum Gasteiger partial charge on any atom is -0.323 e. The highest BCUT2D eigenvalue weighted by molar-refractivity contribution is 5.22. The molecule has 108 valence electrons. The maximum absolute atomic E-state index is 13.6. The van der Waals surface area contributed by atoms with Gasteiger partial charge in [-0.05, 0) is 18.5 Å². The predicted molar refractivity (Wildman–Crippen MR) is 74.9 cm³/mol. The smallest absolute Gasteiger partial charge is 0.130 e. The maximum Gasteiger partial charge on any atom is 0.130 e. The minimum absolute atomic E-state index is 0.379. The number of rotatable bonds is 7. The van der Waals surface area contributed by atoms with E-state index in [0.717, 1.165) is 25.6 Å². The molecule has 2 N–H and O–H groups in total. The quantitative estimate of drug-likeness (QED) is 0.823. The monoisotopic (exact) mass is 270 g/mol. The molecule has 1 aromatic rings. The Hall–Kier alpha value is -1.00. The van der Waals surface area contributed by atoms with Crippen LogP contribution in [-0.2, 0) is 0 Å². The molecule has 0 radical (unpaired) electrons. The molecular weight excluding hydrogens is 246 g/mol. The summed E-state index contributed by atoms with van der Waals surface area (Å²) in [6.45, 7) is 8.81. The fraction of sp³-hybridized carbons (Fsp3) is 0.600. The Morgan fingerprint density at radius 2 is 1.89 bits per heavy atom. The molecule has 0 amide bonds. The Bertz CT molecular complexity index is 396. The summed E-state index contributed by atoms with van der Waals surface area (Å²) in [6, 6.07) is 3.15. The highest BCUT2D eigenvalue weighted by Crippen LogP contribution is 2.18. The molecule has 0 saturated heterocycles. The van der Waals surface area contributed by atoms with E-state index in [1.165, 1.54) is 12.1 Å². The molecule has 19 heavy (non-hydrogen) atoms. The summed E-state index contributed by atoms with van der Waals surface area (Å²) in [5.41, 5.74) is 6.41. The summed E-state index contributed by atoms with van der Waals surface area (Å²) in [5, 5.41) is 0. The van der Waals surface area contributed by atoms with Gasteiger partial charge in [-0.25, -0.2) is 8.78 Å². The average Bonchev–Trinajstić information content (AvgIpc) is 2.37. The summed E-state index contributed by atoms with van der Waals surface area (Å²) >= 11 is 0. The SMILES string of the molecule is CCC(C)CN(CC)CC(N)c1ccc(F)cc1F. The van der Waals surface area contributed by atoms with E-state index < -0.39 is 17.7 Å². The molecule has 0 fully saturated rings. The van der Waals surface area contributed by atoms with Crippen LogP contribution in [0.2, 0.25) is 0 Å². The topological polar surface area (TPSA) is 29.3 Å². The zero-order chi connectivity index (χ0) is 14.4. The molecule has 0 saturated carbocycles. The molecule has 0 aromatic heterocycles. The van der Waals surface area contributed by atoms with Crippen molar-refractivity contribution in [2.45, 2.75) is 33.2 Å². The Morgan fingerprint density at radius 3 is 2.42 bits per heavy atom. The highest BCUT2D eigenvalue weighted by Gasteiger charge is 2.16. The lowest BCUT2D eigenvalue weighted by atomic mass is 10.0. The maximum atomic E-state index is 13.6. The van der Waals surface area contributed by atoms with Gasteiger partial charge in [-0.15, -0.1) is 0 Å². The molecule has 0 bridgehead atoms. The van der Waals surface area contributed by atoms with Crippen molar-refractivity contribution >= 4 is 0 Å². The molecule has 0 spiro atoms. The number of halogens is 2. The van der Waals surface area contributed by atoms with Crippen LogP contribution >= 0.6 is 0 Å². The van der Waals surface area contributed by atoms with Crippen molar-refractivity contribution in [3.63, 3.8) is 0 Å². The van der Waals surface area contributed by atoms with Crippen molar-refractivity contribution in [2.75, 3.05) is 19.6 Å². The molecule has 0 aliphatic carbocycles. The van der Waals surface area contributed by atoms with Gasteiger partial charge in [0, 0.05) is 30.8 Å². The third-order valence-corrected chi connectivity index (χ3v) is 3.53. The molecule has 1 aromatic carbocycles. The van der Waals surface area contributed by atoms with Gasteiger partial charge in [0.1, 0.15) is 11.6 Å². The molecule has 2 atom stereocenters. The minimum atomic E-state index is -0.569. The van der Waals surface area contributed by atoms with E-state index in [2.05, 4.69) is 25.7 Å². The molecule has 1 rings (SSSR count). The molecule has 0 aliphatic rings. The van der Waals surface area contributed by atoms with Crippen LogP contribution in [0.3, 0.4) is 0 Å². The van der Waals surface area contributed by atoms with Crippen LogP contribution in [0.15, 0.2) is 18.2 Å². The van der Waals surface area contributed by atoms with E-state index in [9.17, 15) is 8.78 Å². The zero-order valence-corrected chi connectivity index (χ0v) is 12.0. The van der Waals surface area contributed by atoms with Gasteiger partial charge in [0.05, 0.1) is 0 Å². The number of nitrogens with two attached hydrogens (primary N) is 1. The van der Waals surface area contributed by atoms with Gasteiger partial charge in [0.2, 0.25) is 0 Å². The standard InChI is InChI=1S/C15H24F2N2/c1-4-11(3)9-19(5-2)10-15(18)13-7-6-12(16)8-14(13)17/h6-8,11,15H,4-5,9-10,18H2,1-3H3. The first-order valence-electron chi connectivity index (χ1n) is 6.90. The number of hydrogen-bond acceptors (Lipinski definition) is 2. The van der Waals surface area contributed by atoms with E-state index in [4.69, 9.17) is 5.73 Å². The molecule has 4 heteroatoms. The van der Waals surface area contributed by atoms with E-state index >= 15 is 0 Å². The van der Waals surface area contributed by atoms with Crippen LogP contribution < -0.4 is 5.73 Å². The fourth-order valence-electron chi connectivity index (χ4n) is 2.08. The lowest BCUT2D eigenvalue weighted by Gasteiger charge is -2.27. The fourth-order valence-corrected chi connectivity index (χ4v) is 2.08. The van der Waals surface area contributed by atoms with Gasteiger partial charge in [0.25, 0.3) is 0 Å². The summed E-state index contributed by atoms with van der Waals surface area (Å²) < 4.78 is 26.5. The largest absolute Gasteiger partial charge is 0.323 e. The van der Waals surface area contributed by atoms with Crippen LogP contribution in [-0.4, -0.2) is 24.5 Å². The molecule has 2 nitrogen and oxygen atoms in total. The molecule has 2 unspecified atom stereocenters. The van der Waals surface area contributed by atoms with Crippen LogP contribution in [0, 0.1) is 17.6 Å². The van der Waals surface area contributed by atoms with E-state index in [0.29, 0.717) is 18.0 Å². The van der Waals surface area contributed by atoms with Gasteiger partial charge < -0.3 is 10.6 Å². The second kappa shape index (κ2) is 7.56. The second-order valence-corrected chi connectivity index (χ2v) is 5.14. The summed E-state index contributed by atoms with van der Waals surface area (Å²) in [5.74, 6) is -0.544. The first kappa shape index (κ1) is 16.1. The van der Waals surface area contributed by atoms with Gasteiger partial charge in [-0.1, -0.05) is 33.3 Å². The third kappa shape index (κ3) is 4.88. The Labute approximate surface area is 114 Å². The number of hydrogen-bond donors (Lipinski definition) is 1. The zero-order valence-electron chi connectivity index (χ0n) is 12.0. The second-order valence-electron chi connectivity index (χ2n) is 5.14. The van der Waals surface area contributed by atoms with Crippen LogP contribution in [0.4, 0.5) is 8.78 Å². The van der Waals surface area contributed by atoms with Crippen molar-refractivity contribution in [3.05, 3.63) is 35.4 Å². The Morgan fingerprint density at radius 1 is 1.21 bits per heavy atom. The van der Waals surface area contributed by atoms with E-state index in [1.54, 1.807) is 0 Å². The number of benzene rings is 1. The van der Waals surface area contributed by atoms with Crippen LogP contribution in [0.5, 0.6) is 0 Å². The number of likely N-dealkylation sites (N-methyl/N-ethyl adjacent to an activating group) is 1. The Balaban J connectivity index is 2.68. The van der Waals surface area contributed by atoms with Crippen LogP contribution in [0.1, 0.15) is 38.8 Å². The highest BCUT2D eigenvalue weighted by atomic mass is 19.1. The van der Waals surface area contributed by atoms with Crippen molar-refractivity contribution < 1.29 is 8.78 Å². The number of nitrogens with zero attached hydrogens (tertiary/aromatic N) is 1. The summed E-state index contributed by atoms with van der Waals surface area (Å²) in [4.78, 5) is 2.21. The first-order valence-corrected chi connectivity index (χ1v) is 6.90. The lowest BCUT2D eigenvalue weighted by molar-refractivity contribution is 0.231. The third-order valence-electron chi connectivity index (χ3n) is 3.53. The van der Waals surface area contributed by atoms with E-state index in [-0.39, 0.29) is 0 Å².